The maximum atomic E-state index is 11.0. The monoisotopic (exact) mass is 215 g/mol. The average molecular weight is 215 g/mol. The quantitative estimate of drug-likeness (QED) is 0.732. The Balaban J connectivity index is 2.62. The zero-order valence-electron chi connectivity index (χ0n) is 8.53. The lowest BCUT2D eigenvalue weighted by atomic mass is 10.0. The number of carboxylic acid groups (broad SMARTS) is 1. The van der Waals surface area contributed by atoms with E-state index >= 15 is 0 Å². The van der Waals surface area contributed by atoms with E-state index < -0.39 is 5.97 Å². The molecule has 1 atom stereocenters. The van der Waals surface area contributed by atoms with Gasteiger partial charge in [-0.05, 0) is 32.1 Å². The van der Waals surface area contributed by atoms with E-state index in [9.17, 15) is 4.79 Å². The smallest absolute Gasteiger partial charge is 0.326 e. The van der Waals surface area contributed by atoms with E-state index in [0.29, 0.717) is 0 Å². The molecule has 0 amide bonds. The highest BCUT2D eigenvalue weighted by atomic mass is 32.1. The molecule has 1 heterocycles. The molecule has 0 aromatic carbocycles. The molecular weight excluding hydrogens is 198 g/mol. The maximum Gasteiger partial charge on any atom is 0.326 e. The first-order chi connectivity index (χ1) is 6.66. The van der Waals surface area contributed by atoms with E-state index in [1.54, 1.807) is 0 Å². The van der Waals surface area contributed by atoms with E-state index in [-0.39, 0.29) is 6.04 Å². The molecule has 1 rings (SSSR count). The second-order valence-corrected chi connectivity index (χ2v) is 4.16. The fourth-order valence-corrected chi connectivity index (χ4v) is 2.27. The maximum absolute atomic E-state index is 11.0. The van der Waals surface area contributed by atoms with Gasteiger partial charge < -0.3 is 10.0 Å². The lowest BCUT2D eigenvalue weighted by molar-refractivity contribution is -0.142. The Bertz CT molecular complexity index is 230. The minimum absolute atomic E-state index is 0.372. The predicted octanol–water partition coefficient (Wildman–Crippen LogP) is 2.05. The highest BCUT2D eigenvalue weighted by Gasteiger charge is 2.29. The van der Waals surface area contributed by atoms with Crippen molar-refractivity contribution in [2.24, 2.45) is 0 Å². The van der Waals surface area contributed by atoms with Gasteiger partial charge in [0, 0.05) is 6.54 Å². The molecule has 3 nitrogen and oxygen atoms in total. The second-order valence-electron chi connectivity index (χ2n) is 3.69. The van der Waals surface area contributed by atoms with Gasteiger partial charge in [-0.2, -0.15) is 0 Å². The SMILES string of the molecule is CCCC(=S)N1CCCCC1C(=O)O. The number of nitrogens with zero attached hydrogens (tertiary/aromatic N) is 1. The highest BCUT2D eigenvalue weighted by Crippen LogP contribution is 2.19. The molecule has 0 radical (unpaired) electrons. The Morgan fingerprint density at radius 2 is 2.29 bits per heavy atom. The molecule has 0 aromatic heterocycles. The summed E-state index contributed by atoms with van der Waals surface area (Å²) in [5, 5.41) is 9.02. The van der Waals surface area contributed by atoms with Crippen LogP contribution >= 0.6 is 12.2 Å². The third-order valence-electron chi connectivity index (χ3n) is 2.57. The van der Waals surface area contributed by atoms with E-state index in [4.69, 9.17) is 17.3 Å². The Morgan fingerprint density at radius 1 is 1.57 bits per heavy atom. The van der Waals surface area contributed by atoms with Gasteiger partial charge in [0.25, 0.3) is 0 Å². The van der Waals surface area contributed by atoms with Crippen molar-refractivity contribution in [3.8, 4) is 0 Å². The molecule has 0 aromatic rings. The van der Waals surface area contributed by atoms with Crippen LogP contribution < -0.4 is 0 Å². The van der Waals surface area contributed by atoms with Gasteiger partial charge in [0.05, 0.1) is 4.99 Å². The third kappa shape index (κ3) is 2.67. The van der Waals surface area contributed by atoms with Gasteiger partial charge in [0.1, 0.15) is 6.04 Å². The number of piperidine rings is 1. The molecule has 1 aliphatic rings. The minimum Gasteiger partial charge on any atom is -0.480 e. The number of carbonyl (C=O) groups is 1. The number of rotatable bonds is 3. The predicted molar refractivity (Wildman–Crippen MR) is 59.5 cm³/mol. The lowest BCUT2D eigenvalue weighted by Crippen LogP contribution is -2.47. The number of aliphatic carboxylic acids is 1. The van der Waals surface area contributed by atoms with Crippen molar-refractivity contribution in [3.05, 3.63) is 0 Å². The first-order valence-corrected chi connectivity index (χ1v) is 5.60. The topological polar surface area (TPSA) is 40.5 Å². The highest BCUT2D eigenvalue weighted by molar-refractivity contribution is 7.80. The Kier molecular flexibility index (Phi) is 4.32. The van der Waals surface area contributed by atoms with Crippen molar-refractivity contribution in [1.29, 1.82) is 0 Å². The van der Waals surface area contributed by atoms with E-state index in [1.807, 2.05) is 4.90 Å². The van der Waals surface area contributed by atoms with Gasteiger partial charge >= 0.3 is 5.97 Å². The fourth-order valence-electron chi connectivity index (χ4n) is 1.84. The number of hydrogen-bond acceptors (Lipinski definition) is 2. The summed E-state index contributed by atoms with van der Waals surface area (Å²) < 4.78 is 0. The van der Waals surface area contributed by atoms with Gasteiger partial charge in [-0.25, -0.2) is 4.79 Å². The summed E-state index contributed by atoms with van der Waals surface area (Å²) in [5.74, 6) is -0.733. The Morgan fingerprint density at radius 3 is 2.86 bits per heavy atom. The average Bonchev–Trinajstić information content (AvgIpc) is 2.18. The molecule has 1 N–H and O–H groups in total. The molecule has 0 bridgehead atoms. The van der Waals surface area contributed by atoms with E-state index in [1.165, 1.54) is 0 Å². The van der Waals surface area contributed by atoms with Crippen LogP contribution in [0.25, 0.3) is 0 Å². The minimum atomic E-state index is -0.733. The number of carboxylic acids is 1. The molecule has 80 valence electrons. The van der Waals surface area contributed by atoms with Gasteiger partial charge in [-0.3, -0.25) is 0 Å². The summed E-state index contributed by atoms with van der Waals surface area (Å²) in [6, 6.07) is -0.372. The van der Waals surface area contributed by atoms with Gasteiger partial charge in [-0.1, -0.05) is 19.1 Å². The fraction of sp³-hybridized carbons (Fsp3) is 0.800. The zero-order chi connectivity index (χ0) is 10.6. The molecular formula is C10H17NO2S. The van der Waals surface area contributed by atoms with Crippen LogP contribution in [0, 0.1) is 0 Å². The summed E-state index contributed by atoms with van der Waals surface area (Å²) in [7, 11) is 0. The van der Waals surface area contributed by atoms with Crippen molar-refractivity contribution in [3.63, 3.8) is 0 Å². The zero-order valence-corrected chi connectivity index (χ0v) is 9.35. The van der Waals surface area contributed by atoms with Gasteiger partial charge in [-0.15, -0.1) is 0 Å². The molecule has 14 heavy (non-hydrogen) atoms. The van der Waals surface area contributed by atoms with Crippen molar-refractivity contribution < 1.29 is 9.90 Å². The Hall–Kier alpha value is -0.640. The largest absolute Gasteiger partial charge is 0.480 e. The Labute approximate surface area is 90.1 Å². The number of thiocarbonyl (C=S) groups is 1. The standard InChI is InChI=1S/C10H17NO2S/c1-2-5-9(14)11-7-4-3-6-8(11)10(12)13/h8H,2-7H2,1H3,(H,12,13). The van der Waals surface area contributed by atoms with Crippen LogP contribution in [0.1, 0.15) is 39.0 Å². The molecule has 4 heteroatoms. The van der Waals surface area contributed by atoms with Crippen LogP contribution in [0.15, 0.2) is 0 Å². The van der Waals surface area contributed by atoms with Crippen molar-refractivity contribution >= 4 is 23.2 Å². The van der Waals surface area contributed by atoms with Gasteiger partial charge in [0.15, 0.2) is 0 Å². The van der Waals surface area contributed by atoms with E-state index in [0.717, 1.165) is 43.6 Å². The van der Waals surface area contributed by atoms with Crippen molar-refractivity contribution in [2.75, 3.05) is 6.54 Å². The van der Waals surface area contributed by atoms with Crippen LogP contribution in [-0.2, 0) is 4.79 Å². The van der Waals surface area contributed by atoms with Crippen LogP contribution in [0.4, 0.5) is 0 Å². The molecule has 1 unspecified atom stereocenters. The molecule has 0 saturated carbocycles. The van der Waals surface area contributed by atoms with Crippen LogP contribution in [0.5, 0.6) is 0 Å². The first-order valence-electron chi connectivity index (χ1n) is 5.19. The number of likely N-dealkylation sites (tertiary alicyclic amines) is 1. The lowest BCUT2D eigenvalue weighted by Gasteiger charge is -2.35. The van der Waals surface area contributed by atoms with Crippen molar-refractivity contribution in [1.82, 2.24) is 4.90 Å². The molecule has 0 spiro atoms. The normalized spacial score (nSPS) is 22.1. The summed E-state index contributed by atoms with van der Waals surface area (Å²) in [5.41, 5.74) is 0. The summed E-state index contributed by atoms with van der Waals surface area (Å²) in [4.78, 5) is 13.7. The molecule has 0 aliphatic carbocycles. The van der Waals surface area contributed by atoms with Crippen LogP contribution in [-0.4, -0.2) is 33.6 Å². The summed E-state index contributed by atoms with van der Waals surface area (Å²) >= 11 is 5.23. The molecule has 1 fully saturated rings. The van der Waals surface area contributed by atoms with Crippen LogP contribution in [0.3, 0.4) is 0 Å². The van der Waals surface area contributed by atoms with Gasteiger partial charge in [0.2, 0.25) is 0 Å². The first kappa shape index (κ1) is 11.4. The molecule has 1 saturated heterocycles. The summed E-state index contributed by atoms with van der Waals surface area (Å²) in [6.45, 7) is 2.88. The van der Waals surface area contributed by atoms with Crippen LogP contribution in [0.2, 0.25) is 0 Å². The van der Waals surface area contributed by atoms with E-state index in [2.05, 4.69) is 6.92 Å². The molecule has 1 aliphatic heterocycles. The second kappa shape index (κ2) is 5.29. The third-order valence-corrected chi connectivity index (χ3v) is 3.01. The van der Waals surface area contributed by atoms with Crippen molar-refractivity contribution in [2.45, 2.75) is 45.1 Å². The summed E-state index contributed by atoms with van der Waals surface area (Å²) in [6.07, 6.45) is 4.62. The number of hydrogen-bond donors (Lipinski definition) is 1.